The van der Waals surface area contributed by atoms with E-state index in [1.807, 2.05) is 24.3 Å². The molecule has 4 heteroatoms. The summed E-state index contributed by atoms with van der Waals surface area (Å²) in [6.07, 6.45) is 2.13. The summed E-state index contributed by atoms with van der Waals surface area (Å²) in [4.78, 5) is 0.572. The van der Waals surface area contributed by atoms with Crippen LogP contribution in [-0.4, -0.2) is 24.6 Å². The van der Waals surface area contributed by atoms with Gasteiger partial charge in [0.2, 0.25) is 0 Å². The SMILES string of the molecule is Brc1cccc(OCCC2COCCC2Br)c1. The maximum atomic E-state index is 5.73. The lowest BCUT2D eigenvalue weighted by Gasteiger charge is -2.27. The normalized spacial score (nSPS) is 24.6. The molecule has 1 fully saturated rings. The number of hydrogen-bond acceptors (Lipinski definition) is 2. The Morgan fingerprint density at radius 1 is 1.41 bits per heavy atom. The summed E-state index contributed by atoms with van der Waals surface area (Å²) in [5.41, 5.74) is 0. The molecule has 0 N–H and O–H groups in total. The molecule has 0 aliphatic carbocycles. The van der Waals surface area contributed by atoms with Crippen LogP contribution >= 0.6 is 31.9 Å². The highest BCUT2D eigenvalue weighted by atomic mass is 79.9. The second-order valence-corrected chi connectivity index (χ2v) is 6.33. The number of benzene rings is 1. The number of rotatable bonds is 4. The number of hydrogen-bond donors (Lipinski definition) is 0. The molecule has 1 aromatic carbocycles. The van der Waals surface area contributed by atoms with E-state index >= 15 is 0 Å². The van der Waals surface area contributed by atoms with E-state index in [1.54, 1.807) is 0 Å². The average Bonchev–Trinajstić information content (AvgIpc) is 2.32. The van der Waals surface area contributed by atoms with Crippen molar-refractivity contribution in [2.24, 2.45) is 5.92 Å². The van der Waals surface area contributed by atoms with E-state index < -0.39 is 0 Å². The van der Waals surface area contributed by atoms with Gasteiger partial charge in [-0.15, -0.1) is 0 Å². The maximum Gasteiger partial charge on any atom is 0.120 e. The van der Waals surface area contributed by atoms with Crippen LogP contribution in [0.1, 0.15) is 12.8 Å². The molecule has 1 aromatic rings. The molecular weight excluding hydrogens is 348 g/mol. The van der Waals surface area contributed by atoms with Gasteiger partial charge in [0.05, 0.1) is 13.2 Å². The molecule has 0 radical (unpaired) electrons. The van der Waals surface area contributed by atoms with Gasteiger partial charge in [0.1, 0.15) is 5.75 Å². The quantitative estimate of drug-likeness (QED) is 0.752. The molecule has 0 saturated carbocycles. The molecular formula is C13H16Br2O2. The zero-order valence-corrected chi connectivity index (χ0v) is 12.7. The molecule has 1 heterocycles. The van der Waals surface area contributed by atoms with Gasteiger partial charge in [0, 0.05) is 15.9 Å². The summed E-state index contributed by atoms with van der Waals surface area (Å²) in [6.45, 7) is 2.46. The molecule has 0 aromatic heterocycles. The lowest BCUT2D eigenvalue weighted by Crippen LogP contribution is -2.29. The first-order chi connectivity index (χ1) is 8.25. The van der Waals surface area contributed by atoms with E-state index in [0.29, 0.717) is 10.7 Å². The first-order valence-electron chi connectivity index (χ1n) is 5.86. The molecule has 1 aliphatic rings. The molecule has 1 aliphatic heterocycles. The van der Waals surface area contributed by atoms with Crippen LogP contribution < -0.4 is 4.74 Å². The molecule has 94 valence electrons. The van der Waals surface area contributed by atoms with Crippen LogP contribution in [0.5, 0.6) is 5.75 Å². The molecule has 2 atom stereocenters. The minimum atomic E-state index is 0.566. The Bertz CT molecular complexity index is 357. The average molecular weight is 364 g/mol. The predicted octanol–water partition coefficient (Wildman–Crippen LogP) is 4.02. The van der Waals surface area contributed by atoms with Gasteiger partial charge in [-0.3, -0.25) is 0 Å². The Morgan fingerprint density at radius 2 is 2.29 bits per heavy atom. The van der Waals surface area contributed by atoms with Crippen LogP contribution in [0, 0.1) is 5.92 Å². The molecule has 2 unspecified atom stereocenters. The highest BCUT2D eigenvalue weighted by molar-refractivity contribution is 9.10. The van der Waals surface area contributed by atoms with Crippen molar-refractivity contribution in [2.45, 2.75) is 17.7 Å². The summed E-state index contributed by atoms with van der Waals surface area (Å²) in [7, 11) is 0. The molecule has 17 heavy (non-hydrogen) atoms. The van der Waals surface area contributed by atoms with Gasteiger partial charge < -0.3 is 9.47 Å². The lowest BCUT2D eigenvalue weighted by molar-refractivity contribution is 0.0518. The summed E-state index contributed by atoms with van der Waals surface area (Å²) in [6, 6.07) is 7.95. The van der Waals surface area contributed by atoms with Crippen LogP contribution in [0.3, 0.4) is 0 Å². The van der Waals surface area contributed by atoms with Gasteiger partial charge in [-0.2, -0.15) is 0 Å². The summed E-state index contributed by atoms with van der Waals surface area (Å²) in [5.74, 6) is 1.48. The van der Waals surface area contributed by atoms with Crippen molar-refractivity contribution in [2.75, 3.05) is 19.8 Å². The third-order valence-electron chi connectivity index (χ3n) is 2.93. The van der Waals surface area contributed by atoms with Gasteiger partial charge >= 0.3 is 0 Å². The van der Waals surface area contributed by atoms with Crippen LogP contribution in [0.2, 0.25) is 0 Å². The van der Waals surface area contributed by atoms with Crippen molar-refractivity contribution in [3.05, 3.63) is 28.7 Å². The van der Waals surface area contributed by atoms with E-state index in [1.165, 1.54) is 0 Å². The summed E-state index contributed by atoms with van der Waals surface area (Å²) >= 11 is 7.14. The van der Waals surface area contributed by atoms with E-state index in [0.717, 1.165) is 42.9 Å². The molecule has 2 rings (SSSR count). The van der Waals surface area contributed by atoms with Crippen molar-refractivity contribution in [3.8, 4) is 5.75 Å². The topological polar surface area (TPSA) is 18.5 Å². The van der Waals surface area contributed by atoms with E-state index in [2.05, 4.69) is 31.9 Å². The Balaban J connectivity index is 1.75. The fourth-order valence-corrected chi connectivity index (χ4v) is 2.90. The minimum absolute atomic E-state index is 0.566. The third kappa shape index (κ3) is 4.27. The van der Waals surface area contributed by atoms with Crippen molar-refractivity contribution in [1.82, 2.24) is 0 Å². The van der Waals surface area contributed by atoms with Gasteiger partial charge in [-0.05, 0) is 37.0 Å². The zero-order valence-electron chi connectivity index (χ0n) is 9.57. The number of halogens is 2. The number of ether oxygens (including phenoxy) is 2. The Kier molecular flexibility index (Phi) is 5.32. The Labute approximate surface area is 119 Å². The Morgan fingerprint density at radius 3 is 3.06 bits per heavy atom. The fraction of sp³-hybridized carbons (Fsp3) is 0.538. The second-order valence-electron chi connectivity index (χ2n) is 4.23. The van der Waals surface area contributed by atoms with Gasteiger partial charge in [-0.1, -0.05) is 37.9 Å². The Hall–Kier alpha value is -0.0600. The second kappa shape index (κ2) is 6.76. The highest BCUT2D eigenvalue weighted by Gasteiger charge is 2.23. The first kappa shape index (κ1) is 13.4. The third-order valence-corrected chi connectivity index (χ3v) is 4.63. The van der Waals surface area contributed by atoms with Crippen molar-refractivity contribution < 1.29 is 9.47 Å². The van der Waals surface area contributed by atoms with Gasteiger partial charge in [-0.25, -0.2) is 0 Å². The van der Waals surface area contributed by atoms with E-state index in [-0.39, 0.29) is 0 Å². The van der Waals surface area contributed by atoms with Crippen molar-refractivity contribution in [3.63, 3.8) is 0 Å². The van der Waals surface area contributed by atoms with E-state index in [9.17, 15) is 0 Å². The smallest absolute Gasteiger partial charge is 0.120 e. The van der Waals surface area contributed by atoms with Crippen LogP contribution in [0.15, 0.2) is 28.7 Å². The van der Waals surface area contributed by atoms with E-state index in [4.69, 9.17) is 9.47 Å². The standard InChI is InChI=1S/C13H16Br2O2/c14-11-2-1-3-12(8-11)17-7-4-10-9-16-6-5-13(10)15/h1-3,8,10,13H,4-7,9H2. The molecule has 0 amide bonds. The minimum Gasteiger partial charge on any atom is -0.494 e. The molecule has 2 nitrogen and oxygen atoms in total. The first-order valence-corrected chi connectivity index (χ1v) is 7.57. The zero-order chi connectivity index (χ0) is 12.1. The molecule has 0 spiro atoms. The largest absolute Gasteiger partial charge is 0.494 e. The highest BCUT2D eigenvalue weighted by Crippen LogP contribution is 2.25. The molecule has 0 bridgehead atoms. The van der Waals surface area contributed by atoms with Crippen molar-refractivity contribution >= 4 is 31.9 Å². The van der Waals surface area contributed by atoms with Crippen LogP contribution in [0.25, 0.3) is 0 Å². The monoisotopic (exact) mass is 362 g/mol. The lowest BCUT2D eigenvalue weighted by atomic mass is 9.99. The summed E-state index contributed by atoms with van der Waals surface area (Å²) < 4.78 is 12.3. The predicted molar refractivity (Wildman–Crippen MR) is 75.9 cm³/mol. The fourth-order valence-electron chi connectivity index (χ4n) is 1.92. The van der Waals surface area contributed by atoms with Gasteiger partial charge in [0.25, 0.3) is 0 Å². The van der Waals surface area contributed by atoms with Crippen LogP contribution in [0.4, 0.5) is 0 Å². The van der Waals surface area contributed by atoms with Crippen LogP contribution in [-0.2, 0) is 4.74 Å². The summed E-state index contributed by atoms with van der Waals surface area (Å²) in [5, 5.41) is 0. The van der Waals surface area contributed by atoms with Crippen molar-refractivity contribution in [1.29, 1.82) is 0 Å². The van der Waals surface area contributed by atoms with Gasteiger partial charge in [0.15, 0.2) is 0 Å². The molecule has 1 saturated heterocycles. The number of alkyl halides is 1. The maximum absolute atomic E-state index is 5.73.